The summed E-state index contributed by atoms with van der Waals surface area (Å²) in [5.41, 5.74) is 0. The Morgan fingerprint density at radius 1 is 1.29 bits per heavy atom. The summed E-state index contributed by atoms with van der Waals surface area (Å²) in [4.78, 5) is 10.1. The fourth-order valence-electron chi connectivity index (χ4n) is 1.41. The Bertz CT molecular complexity index is 324. The van der Waals surface area contributed by atoms with Crippen molar-refractivity contribution < 1.29 is 19.0 Å². The quantitative estimate of drug-likeness (QED) is 0.560. The summed E-state index contributed by atoms with van der Waals surface area (Å²) in [7, 11) is 0. The summed E-state index contributed by atoms with van der Waals surface area (Å²) in [5.74, 6) is 0.227. The highest BCUT2D eigenvalue weighted by molar-refractivity contribution is 5.48. The van der Waals surface area contributed by atoms with Crippen molar-refractivity contribution in [1.82, 2.24) is 0 Å². The fourth-order valence-corrected chi connectivity index (χ4v) is 1.41. The molecule has 0 radical (unpaired) electrons. The molecule has 1 aromatic carbocycles. The van der Waals surface area contributed by atoms with Gasteiger partial charge in [-0.1, -0.05) is 6.42 Å². The lowest BCUT2D eigenvalue weighted by Crippen LogP contribution is -2.17. The molecule has 0 unspecified atom stereocenters. The van der Waals surface area contributed by atoms with Gasteiger partial charge >= 0.3 is 0 Å². The summed E-state index contributed by atoms with van der Waals surface area (Å²) < 4.78 is 17.9. The van der Waals surface area contributed by atoms with Gasteiger partial charge in [-0.05, 0) is 37.1 Å². The summed E-state index contributed by atoms with van der Waals surface area (Å²) in [6.07, 6.45) is 3.05. The number of aliphatic hydroxyl groups is 1. The molecule has 0 aromatic heterocycles. The van der Waals surface area contributed by atoms with Crippen LogP contribution in [0.15, 0.2) is 24.3 Å². The number of aldehydes is 1. The van der Waals surface area contributed by atoms with E-state index < -0.39 is 6.10 Å². The van der Waals surface area contributed by atoms with E-state index in [9.17, 15) is 14.3 Å². The molecule has 0 aliphatic heterocycles. The number of benzene rings is 1. The number of halogens is 1. The van der Waals surface area contributed by atoms with Crippen LogP contribution in [0.4, 0.5) is 4.39 Å². The summed E-state index contributed by atoms with van der Waals surface area (Å²) in [6.45, 7) is 0.187. The number of rotatable bonds is 8. The highest BCUT2D eigenvalue weighted by Crippen LogP contribution is 2.12. The number of hydrogen-bond donors (Lipinski definition) is 1. The molecular formula is C13H17FO3. The van der Waals surface area contributed by atoms with Crippen molar-refractivity contribution in [3.8, 4) is 5.75 Å². The van der Waals surface area contributed by atoms with Crippen LogP contribution >= 0.6 is 0 Å². The zero-order chi connectivity index (χ0) is 12.5. The van der Waals surface area contributed by atoms with Crippen LogP contribution in [-0.2, 0) is 4.79 Å². The van der Waals surface area contributed by atoms with Crippen LogP contribution in [0, 0.1) is 5.82 Å². The first kappa shape index (κ1) is 13.6. The maximum atomic E-state index is 12.6. The molecule has 0 saturated carbocycles. The Kier molecular flexibility index (Phi) is 6.25. The van der Waals surface area contributed by atoms with Gasteiger partial charge in [-0.2, -0.15) is 0 Å². The van der Waals surface area contributed by atoms with E-state index >= 15 is 0 Å². The predicted molar refractivity (Wildman–Crippen MR) is 62.4 cm³/mol. The van der Waals surface area contributed by atoms with Crippen molar-refractivity contribution in [1.29, 1.82) is 0 Å². The molecule has 0 aliphatic rings. The molecule has 0 heterocycles. The third-order valence-electron chi connectivity index (χ3n) is 2.37. The van der Waals surface area contributed by atoms with Crippen LogP contribution in [-0.4, -0.2) is 24.1 Å². The second-order valence-electron chi connectivity index (χ2n) is 3.87. The Labute approximate surface area is 100 Å². The monoisotopic (exact) mass is 240 g/mol. The SMILES string of the molecule is O=CCCCC[C@H](O)COc1ccc(F)cc1. The number of carbonyl (C=O) groups excluding carboxylic acids is 1. The molecule has 0 bridgehead atoms. The van der Waals surface area contributed by atoms with Crippen molar-refractivity contribution >= 4 is 6.29 Å². The van der Waals surface area contributed by atoms with E-state index in [1.807, 2.05) is 0 Å². The fraction of sp³-hybridized carbons (Fsp3) is 0.462. The molecule has 0 spiro atoms. The van der Waals surface area contributed by atoms with Gasteiger partial charge in [0, 0.05) is 6.42 Å². The normalized spacial score (nSPS) is 12.1. The van der Waals surface area contributed by atoms with E-state index in [4.69, 9.17) is 4.74 Å². The number of aliphatic hydroxyl groups excluding tert-OH is 1. The second kappa shape index (κ2) is 7.79. The van der Waals surface area contributed by atoms with Crippen LogP contribution < -0.4 is 4.74 Å². The molecule has 0 fully saturated rings. The van der Waals surface area contributed by atoms with Crippen molar-refractivity contribution in [2.45, 2.75) is 31.8 Å². The Hall–Kier alpha value is -1.42. The van der Waals surface area contributed by atoms with Crippen LogP contribution in [0.5, 0.6) is 5.75 Å². The third kappa shape index (κ3) is 6.02. The van der Waals surface area contributed by atoms with E-state index in [-0.39, 0.29) is 12.4 Å². The van der Waals surface area contributed by atoms with E-state index in [1.165, 1.54) is 24.3 Å². The van der Waals surface area contributed by atoms with Gasteiger partial charge in [-0.3, -0.25) is 0 Å². The summed E-state index contributed by atoms with van der Waals surface area (Å²) in [5, 5.41) is 9.58. The van der Waals surface area contributed by atoms with Gasteiger partial charge < -0.3 is 14.6 Å². The molecular weight excluding hydrogens is 223 g/mol. The minimum Gasteiger partial charge on any atom is -0.491 e. The average molecular weight is 240 g/mol. The summed E-state index contributed by atoms with van der Waals surface area (Å²) in [6, 6.07) is 5.67. The molecule has 94 valence electrons. The van der Waals surface area contributed by atoms with E-state index in [0.29, 0.717) is 18.6 Å². The number of carbonyl (C=O) groups is 1. The van der Waals surface area contributed by atoms with Crippen LogP contribution in [0.1, 0.15) is 25.7 Å². The standard InChI is InChI=1S/C13H17FO3/c14-11-5-7-13(8-6-11)17-10-12(16)4-2-1-3-9-15/h5-9,12,16H,1-4,10H2/t12-/m0/s1. The first-order valence-corrected chi connectivity index (χ1v) is 5.72. The first-order valence-electron chi connectivity index (χ1n) is 5.72. The number of unbranched alkanes of at least 4 members (excludes halogenated alkanes) is 2. The maximum absolute atomic E-state index is 12.6. The van der Waals surface area contributed by atoms with Crippen molar-refractivity contribution in [2.24, 2.45) is 0 Å². The van der Waals surface area contributed by atoms with Gasteiger partial charge in [0.25, 0.3) is 0 Å². The van der Waals surface area contributed by atoms with Gasteiger partial charge in [-0.25, -0.2) is 4.39 Å². The molecule has 1 rings (SSSR count). The lowest BCUT2D eigenvalue weighted by molar-refractivity contribution is -0.108. The van der Waals surface area contributed by atoms with Crippen molar-refractivity contribution in [3.05, 3.63) is 30.1 Å². The molecule has 1 aromatic rings. The van der Waals surface area contributed by atoms with Gasteiger partial charge in [0.05, 0.1) is 6.10 Å². The molecule has 0 saturated heterocycles. The first-order chi connectivity index (χ1) is 8.22. The lowest BCUT2D eigenvalue weighted by atomic mass is 10.1. The van der Waals surface area contributed by atoms with Gasteiger partial charge in [0.15, 0.2) is 0 Å². The van der Waals surface area contributed by atoms with Crippen LogP contribution in [0.25, 0.3) is 0 Å². The zero-order valence-electron chi connectivity index (χ0n) is 9.64. The molecule has 0 amide bonds. The minimum absolute atomic E-state index is 0.187. The molecule has 1 N–H and O–H groups in total. The Morgan fingerprint density at radius 2 is 2.00 bits per heavy atom. The molecule has 0 aliphatic carbocycles. The molecule has 3 nitrogen and oxygen atoms in total. The largest absolute Gasteiger partial charge is 0.491 e. The molecule has 4 heteroatoms. The Morgan fingerprint density at radius 3 is 2.65 bits per heavy atom. The number of ether oxygens (including phenoxy) is 1. The van der Waals surface area contributed by atoms with Crippen LogP contribution in [0.2, 0.25) is 0 Å². The molecule has 17 heavy (non-hydrogen) atoms. The van der Waals surface area contributed by atoms with Crippen molar-refractivity contribution in [2.75, 3.05) is 6.61 Å². The van der Waals surface area contributed by atoms with Gasteiger partial charge in [0.2, 0.25) is 0 Å². The number of hydrogen-bond acceptors (Lipinski definition) is 3. The van der Waals surface area contributed by atoms with E-state index in [2.05, 4.69) is 0 Å². The Balaban J connectivity index is 2.16. The molecule has 1 atom stereocenters. The smallest absolute Gasteiger partial charge is 0.123 e. The predicted octanol–water partition coefficient (Wildman–Crippen LogP) is 2.32. The third-order valence-corrected chi connectivity index (χ3v) is 2.37. The summed E-state index contributed by atoms with van der Waals surface area (Å²) >= 11 is 0. The minimum atomic E-state index is -0.549. The van der Waals surface area contributed by atoms with E-state index in [0.717, 1.165) is 19.1 Å². The average Bonchev–Trinajstić information content (AvgIpc) is 2.34. The van der Waals surface area contributed by atoms with Crippen LogP contribution in [0.3, 0.4) is 0 Å². The lowest BCUT2D eigenvalue weighted by Gasteiger charge is -2.11. The maximum Gasteiger partial charge on any atom is 0.123 e. The zero-order valence-corrected chi connectivity index (χ0v) is 9.64. The van der Waals surface area contributed by atoms with Gasteiger partial charge in [0.1, 0.15) is 24.5 Å². The van der Waals surface area contributed by atoms with Crippen molar-refractivity contribution in [3.63, 3.8) is 0 Å². The van der Waals surface area contributed by atoms with E-state index in [1.54, 1.807) is 0 Å². The highest BCUT2D eigenvalue weighted by Gasteiger charge is 2.05. The second-order valence-corrected chi connectivity index (χ2v) is 3.87. The van der Waals surface area contributed by atoms with Gasteiger partial charge in [-0.15, -0.1) is 0 Å². The highest BCUT2D eigenvalue weighted by atomic mass is 19.1. The topological polar surface area (TPSA) is 46.5 Å².